The third-order valence-electron chi connectivity index (χ3n) is 5.39. The van der Waals surface area contributed by atoms with Crippen LogP contribution >= 0.6 is 0 Å². The summed E-state index contributed by atoms with van der Waals surface area (Å²) >= 11 is 0. The number of carbonyl (C=O) groups excluding carboxylic acids is 2. The van der Waals surface area contributed by atoms with Gasteiger partial charge in [0.1, 0.15) is 6.54 Å². The van der Waals surface area contributed by atoms with Gasteiger partial charge in [-0.05, 0) is 6.42 Å². The van der Waals surface area contributed by atoms with Crippen molar-refractivity contribution < 1.29 is 33.4 Å². The fourth-order valence-corrected chi connectivity index (χ4v) is 3.66. The van der Waals surface area contributed by atoms with Crippen LogP contribution in [0.5, 0.6) is 0 Å². The van der Waals surface area contributed by atoms with Gasteiger partial charge in [0.15, 0.2) is 18.4 Å². The first-order chi connectivity index (χ1) is 14.1. The number of ether oxygens (including phenoxy) is 3. The van der Waals surface area contributed by atoms with Crippen LogP contribution in [0, 0.1) is 5.92 Å². The quantitative estimate of drug-likeness (QED) is 0.445. The maximum absolute atomic E-state index is 12.8. The Morgan fingerprint density at radius 2 is 2.03 bits per heavy atom. The van der Waals surface area contributed by atoms with Crippen molar-refractivity contribution in [1.82, 2.24) is 4.90 Å². The van der Waals surface area contributed by atoms with E-state index in [0.717, 1.165) is 13.0 Å². The lowest BCUT2D eigenvalue weighted by molar-refractivity contribution is -0.873. The summed E-state index contributed by atoms with van der Waals surface area (Å²) < 4.78 is 18.0. The molecule has 0 aromatic heterocycles. The molecule has 0 amide bonds. The molecular formula is C22H37N2O6+. The molecular weight excluding hydrogens is 388 g/mol. The minimum absolute atomic E-state index is 0.169. The van der Waals surface area contributed by atoms with Gasteiger partial charge in [0.2, 0.25) is 0 Å². The Bertz CT molecular complexity index is 669. The number of hydrogen-bond donors (Lipinski definition) is 1. The molecule has 0 spiro atoms. The molecule has 1 N–H and O–H groups in total. The van der Waals surface area contributed by atoms with E-state index in [1.54, 1.807) is 18.0 Å². The number of aliphatic hydroxyl groups excluding tert-OH is 1. The van der Waals surface area contributed by atoms with Crippen molar-refractivity contribution >= 4 is 11.9 Å². The lowest BCUT2D eigenvalue weighted by Crippen LogP contribution is -2.43. The Kier molecular flexibility index (Phi) is 8.46. The SMILES string of the molecule is CCC(=O)O[C@@H]1[C@H](C)[C@@H](CO)O[C@H]1N1C=CCC(C(=O)O[C@H](CC)C[N+](C)(C)C)=C1. The van der Waals surface area contributed by atoms with Crippen LogP contribution in [0.1, 0.15) is 40.0 Å². The summed E-state index contributed by atoms with van der Waals surface area (Å²) in [7, 11) is 6.19. The smallest absolute Gasteiger partial charge is 0.336 e. The molecule has 0 bridgehead atoms. The van der Waals surface area contributed by atoms with E-state index in [1.807, 2.05) is 26.1 Å². The Balaban J connectivity index is 2.15. The zero-order chi connectivity index (χ0) is 22.5. The van der Waals surface area contributed by atoms with Crippen molar-refractivity contribution in [2.45, 2.75) is 64.6 Å². The number of hydrogen-bond acceptors (Lipinski definition) is 7. The van der Waals surface area contributed by atoms with Crippen molar-refractivity contribution in [3.8, 4) is 0 Å². The molecule has 0 radical (unpaired) electrons. The van der Waals surface area contributed by atoms with Gasteiger partial charge in [-0.15, -0.1) is 0 Å². The summed E-state index contributed by atoms with van der Waals surface area (Å²) in [4.78, 5) is 26.4. The fourth-order valence-electron chi connectivity index (χ4n) is 3.66. The van der Waals surface area contributed by atoms with Crippen molar-refractivity contribution in [3.05, 3.63) is 24.0 Å². The molecule has 2 heterocycles. The molecule has 2 aliphatic heterocycles. The molecule has 0 aliphatic carbocycles. The third kappa shape index (κ3) is 6.30. The Labute approximate surface area is 179 Å². The number of aliphatic hydroxyl groups is 1. The predicted octanol–water partition coefficient (Wildman–Crippen LogP) is 1.79. The van der Waals surface area contributed by atoms with Gasteiger partial charge in [0, 0.05) is 31.2 Å². The van der Waals surface area contributed by atoms with Crippen LogP contribution in [-0.2, 0) is 23.8 Å². The van der Waals surface area contributed by atoms with Crippen LogP contribution in [0.2, 0.25) is 0 Å². The third-order valence-corrected chi connectivity index (χ3v) is 5.39. The van der Waals surface area contributed by atoms with Crippen LogP contribution in [0.15, 0.2) is 24.0 Å². The summed E-state index contributed by atoms with van der Waals surface area (Å²) in [6, 6.07) is 0. The van der Waals surface area contributed by atoms with Crippen LogP contribution < -0.4 is 0 Å². The number of esters is 2. The standard InChI is InChI=1S/C22H37N2O6/c1-7-17(13-24(4,5)6)28-22(27)16-10-9-11-23(12-16)21-20(30-19(26)8-2)15(3)18(14-25)29-21/h9,11-12,15,17-18,20-21,25H,7-8,10,13-14H2,1-6H3/q+1/t15-,17-,18-,20-,21-/m1/s1. The van der Waals surface area contributed by atoms with E-state index >= 15 is 0 Å². The van der Waals surface area contributed by atoms with Gasteiger partial charge in [-0.25, -0.2) is 4.79 Å². The van der Waals surface area contributed by atoms with Gasteiger partial charge in [-0.2, -0.15) is 0 Å². The van der Waals surface area contributed by atoms with Crippen LogP contribution in [0.3, 0.4) is 0 Å². The second-order valence-corrected chi connectivity index (χ2v) is 9.01. The zero-order valence-electron chi connectivity index (χ0n) is 19.0. The molecule has 8 heteroatoms. The molecule has 0 saturated carbocycles. The average Bonchev–Trinajstić information content (AvgIpc) is 3.01. The van der Waals surface area contributed by atoms with Gasteiger partial charge in [0.05, 0.1) is 39.4 Å². The first-order valence-corrected chi connectivity index (χ1v) is 10.7. The highest BCUT2D eigenvalue weighted by Gasteiger charge is 2.46. The minimum atomic E-state index is -0.611. The van der Waals surface area contributed by atoms with E-state index in [0.29, 0.717) is 16.5 Å². The highest BCUT2D eigenvalue weighted by molar-refractivity contribution is 5.89. The second-order valence-electron chi connectivity index (χ2n) is 9.01. The van der Waals surface area contributed by atoms with Crippen LogP contribution in [-0.4, -0.2) is 85.3 Å². The number of likely N-dealkylation sites (N-methyl/N-ethyl adjacent to an activating group) is 1. The van der Waals surface area contributed by atoms with Crippen molar-refractivity contribution in [1.29, 1.82) is 0 Å². The molecule has 0 aromatic rings. The van der Waals surface area contributed by atoms with Gasteiger partial charge < -0.3 is 28.7 Å². The summed E-state index contributed by atoms with van der Waals surface area (Å²) in [5.41, 5.74) is 0.515. The Morgan fingerprint density at radius 1 is 1.33 bits per heavy atom. The van der Waals surface area contributed by atoms with E-state index in [1.165, 1.54) is 0 Å². The van der Waals surface area contributed by atoms with Gasteiger partial charge in [-0.1, -0.05) is 26.8 Å². The largest absolute Gasteiger partial charge is 0.457 e. The van der Waals surface area contributed by atoms with Crippen molar-refractivity contribution in [2.75, 3.05) is 34.3 Å². The lowest BCUT2D eigenvalue weighted by Gasteiger charge is -2.31. The molecule has 0 aromatic carbocycles. The van der Waals surface area contributed by atoms with Crippen molar-refractivity contribution in [2.24, 2.45) is 5.92 Å². The van der Waals surface area contributed by atoms with E-state index in [2.05, 4.69) is 21.1 Å². The monoisotopic (exact) mass is 425 g/mol. The van der Waals surface area contributed by atoms with Gasteiger partial charge in [-0.3, -0.25) is 4.79 Å². The molecule has 170 valence electrons. The number of nitrogens with zero attached hydrogens (tertiary/aromatic N) is 2. The number of carbonyl (C=O) groups is 2. The predicted molar refractivity (Wildman–Crippen MR) is 112 cm³/mol. The van der Waals surface area contributed by atoms with E-state index in [-0.39, 0.29) is 37.0 Å². The Morgan fingerprint density at radius 3 is 2.60 bits per heavy atom. The first kappa shape index (κ1) is 24.4. The van der Waals surface area contributed by atoms with Gasteiger partial charge >= 0.3 is 11.9 Å². The highest BCUT2D eigenvalue weighted by Crippen LogP contribution is 2.33. The first-order valence-electron chi connectivity index (χ1n) is 10.7. The molecule has 1 saturated heterocycles. The Hall–Kier alpha value is -1.90. The van der Waals surface area contributed by atoms with E-state index in [9.17, 15) is 14.7 Å². The second kappa shape index (κ2) is 10.4. The molecule has 2 rings (SSSR count). The average molecular weight is 426 g/mol. The topological polar surface area (TPSA) is 85.3 Å². The van der Waals surface area contributed by atoms with Crippen molar-refractivity contribution in [3.63, 3.8) is 0 Å². The summed E-state index contributed by atoms with van der Waals surface area (Å²) in [6.07, 6.45) is 5.05. The summed E-state index contributed by atoms with van der Waals surface area (Å²) in [5, 5.41) is 9.63. The zero-order valence-corrected chi connectivity index (χ0v) is 19.0. The maximum Gasteiger partial charge on any atom is 0.336 e. The lowest BCUT2D eigenvalue weighted by atomic mass is 10.00. The van der Waals surface area contributed by atoms with E-state index < -0.39 is 18.4 Å². The number of quaternary nitrogens is 1. The van der Waals surface area contributed by atoms with Crippen LogP contribution in [0.4, 0.5) is 0 Å². The number of rotatable bonds is 9. The molecule has 30 heavy (non-hydrogen) atoms. The normalized spacial score (nSPS) is 27.6. The molecule has 2 aliphatic rings. The summed E-state index contributed by atoms with van der Waals surface area (Å²) in [5.74, 6) is -0.852. The summed E-state index contributed by atoms with van der Waals surface area (Å²) in [6.45, 7) is 6.18. The fraction of sp³-hybridized carbons (Fsp3) is 0.727. The minimum Gasteiger partial charge on any atom is -0.457 e. The highest BCUT2D eigenvalue weighted by atomic mass is 16.6. The molecule has 0 unspecified atom stereocenters. The van der Waals surface area contributed by atoms with Crippen LogP contribution in [0.25, 0.3) is 0 Å². The molecule has 5 atom stereocenters. The molecule has 8 nitrogen and oxygen atoms in total. The van der Waals surface area contributed by atoms with E-state index in [4.69, 9.17) is 14.2 Å². The number of allylic oxidation sites excluding steroid dienone is 1. The molecule has 1 fully saturated rings. The van der Waals surface area contributed by atoms with Gasteiger partial charge in [0.25, 0.3) is 0 Å². The maximum atomic E-state index is 12.8.